The van der Waals surface area contributed by atoms with Crippen LogP contribution in [0.2, 0.25) is 0 Å². The number of hydrogen-bond donors (Lipinski definition) is 2. The highest BCUT2D eigenvalue weighted by molar-refractivity contribution is 5.19. The number of nitrogens with zero attached hydrogens (tertiary/aromatic N) is 2. The Balaban J connectivity index is 2.91. The van der Waals surface area contributed by atoms with Gasteiger partial charge in [-0.2, -0.15) is 0 Å². The standard InChI is InChI=1S/C12H21N3O/c1-9(2)7-15-12(4,8-16)11-10(3)13-5-6-14-11/h5-6,9,15-16H,7-8H2,1-4H3. The van der Waals surface area contributed by atoms with E-state index in [1.807, 2.05) is 13.8 Å². The van der Waals surface area contributed by atoms with E-state index in [0.29, 0.717) is 5.92 Å². The molecule has 1 unspecified atom stereocenters. The minimum absolute atomic E-state index is 0.0131. The summed E-state index contributed by atoms with van der Waals surface area (Å²) >= 11 is 0. The molecule has 1 atom stereocenters. The molecule has 0 radical (unpaired) electrons. The van der Waals surface area contributed by atoms with Gasteiger partial charge >= 0.3 is 0 Å². The molecular formula is C12H21N3O. The summed E-state index contributed by atoms with van der Waals surface area (Å²) in [6, 6.07) is 0. The van der Waals surface area contributed by atoms with E-state index >= 15 is 0 Å². The summed E-state index contributed by atoms with van der Waals surface area (Å²) in [5.74, 6) is 0.530. The lowest BCUT2D eigenvalue weighted by Gasteiger charge is -2.30. The molecule has 16 heavy (non-hydrogen) atoms. The normalized spacial score (nSPS) is 15.1. The van der Waals surface area contributed by atoms with E-state index in [9.17, 15) is 5.11 Å². The Morgan fingerprint density at radius 2 is 2.00 bits per heavy atom. The quantitative estimate of drug-likeness (QED) is 0.788. The second kappa shape index (κ2) is 5.37. The summed E-state index contributed by atoms with van der Waals surface area (Å²) in [6.07, 6.45) is 3.33. The highest BCUT2D eigenvalue weighted by Crippen LogP contribution is 2.20. The van der Waals surface area contributed by atoms with E-state index in [1.54, 1.807) is 12.4 Å². The zero-order valence-electron chi connectivity index (χ0n) is 10.5. The maximum absolute atomic E-state index is 9.55. The first-order valence-corrected chi connectivity index (χ1v) is 5.63. The molecule has 1 aromatic heterocycles. The van der Waals surface area contributed by atoms with Crippen LogP contribution in [0.25, 0.3) is 0 Å². The van der Waals surface area contributed by atoms with Crippen molar-refractivity contribution in [1.29, 1.82) is 0 Å². The van der Waals surface area contributed by atoms with E-state index < -0.39 is 5.54 Å². The minimum atomic E-state index is -0.511. The Kier molecular flexibility index (Phi) is 4.38. The summed E-state index contributed by atoms with van der Waals surface area (Å²) in [4.78, 5) is 8.52. The summed E-state index contributed by atoms with van der Waals surface area (Å²) < 4.78 is 0. The van der Waals surface area contributed by atoms with Gasteiger partial charge in [-0.25, -0.2) is 0 Å². The molecule has 1 heterocycles. The summed E-state index contributed by atoms with van der Waals surface area (Å²) in [6.45, 7) is 8.98. The Bertz CT molecular complexity index is 341. The number of nitrogens with one attached hydrogen (secondary N) is 1. The van der Waals surface area contributed by atoms with Crippen molar-refractivity contribution in [2.24, 2.45) is 5.92 Å². The smallest absolute Gasteiger partial charge is 0.0837 e. The third-order valence-electron chi connectivity index (χ3n) is 2.62. The molecule has 2 N–H and O–H groups in total. The topological polar surface area (TPSA) is 58.0 Å². The van der Waals surface area contributed by atoms with E-state index in [-0.39, 0.29) is 6.61 Å². The fraction of sp³-hybridized carbons (Fsp3) is 0.667. The molecule has 0 saturated carbocycles. The highest BCUT2D eigenvalue weighted by Gasteiger charge is 2.28. The molecule has 1 aromatic rings. The molecule has 0 amide bonds. The fourth-order valence-corrected chi connectivity index (χ4v) is 1.59. The Labute approximate surface area is 97.1 Å². The van der Waals surface area contributed by atoms with Gasteiger partial charge in [0.05, 0.1) is 23.5 Å². The molecular weight excluding hydrogens is 202 g/mol. The van der Waals surface area contributed by atoms with Gasteiger partial charge in [-0.3, -0.25) is 9.97 Å². The highest BCUT2D eigenvalue weighted by atomic mass is 16.3. The van der Waals surface area contributed by atoms with Crippen molar-refractivity contribution in [3.8, 4) is 0 Å². The Hall–Kier alpha value is -1.00. The second-order valence-electron chi connectivity index (χ2n) is 4.76. The third kappa shape index (κ3) is 3.00. The first-order valence-electron chi connectivity index (χ1n) is 5.63. The maximum atomic E-state index is 9.55. The summed E-state index contributed by atoms with van der Waals surface area (Å²) in [5.41, 5.74) is 1.16. The van der Waals surface area contributed by atoms with Crippen molar-refractivity contribution >= 4 is 0 Å². The summed E-state index contributed by atoms with van der Waals surface area (Å²) in [5, 5.41) is 12.9. The van der Waals surface area contributed by atoms with Crippen molar-refractivity contribution in [2.75, 3.05) is 13.2 Å². The van der Waals surface area contributed by atoms with Crippen molar-refractivity contribution in [3.05, 3.63) is 23.8 Å². The lowest BCUT2D eigenvalue weighted by atomic mass is 9.96. The first kappa shape index (κ1) is 13.1. The van der Waals surface area contributed by atoms with Crippen LogP contribution in [0.5, 0.6) is 0 Å². The van der Waals surface area contributed by atoms with Crippen molar-refractivity contribution < 1.29 is 5.11 Å². The van der Waals surface area contributed by atoms with E-state index in [0.717, 1.165) is 17.9 Å². The maximum Gasteiger partial charge on any atom is 0.0837 e. The van der Waals surface area contributed by atoms with Crippen LogP contribution in [-0.4, -0.2) is 28.2 Å². The predicted octanol–water partition coefficient (Wildman–Crippen LogP) is 1.24. The molecule has 0 aliphatic carbocycles. The zero-order chi connectivity index (χ0) is 12.2. The SMILES string of the molecule is Cc1nccnc1C(C)(CO)NCC(C)C. The average molecular weight is 223 g/mol. The van der Waals surface area contributed by atoms with E-state index in [4.69, 9.17) is 0 Å². The van der Waals surface area contributed by atoms with Crippen molar-refractivity contribution in [2.45, 2.75) is 33.2 Å². The van der Waals surface area contributed by atoms with Gasteiger partial charge in [0.25, 0.3) is 0 Å². The van der Waals surface area contributed by atoms with Crippen LogP contribution < -0.4 is 5.32 Å². The van der Waals surface area contributed by atoms with Gasteiger partial charge in [0, 0.05) is 12.4 Å². The van der Waals surface area contributed by atoms with Crippen molar-refractivity contribution in [1.82, 2.24) is 15.3 Å². The second-order valence-corrected chi connectivity index (χ2v) is 4.76. The van der Waals surface area contributed by atoms with Gasteiger partial charge < -0.3 is 10.4 Å². The molecule has 1 rings (SSSR count). The number of aliphatic hydroxyl groups is 1. The van der Waals surface area contributed by atoms with Gasteiger partial charge in [-0.1, -0.05) is 13.8 Å². The first-order chi connectivity index (χ1) is 7.49. The van der Waals surface area contributed by atoms with Crippen LogP contribution in [0.4, 0.5) is 0 Å². The van der Waals surface area contributed by atoms with Gasteiger partial charge in [0.15, 0.2) is 0 Å². The molecule has 0 bridgehead atoms. The zero-order valence-corrected chi connectivity index (χ0v) is 10.5. The molecule has 0 saturated heterocycles. The van der Waals surface area contributed by atoms with Crippen LogP contribution in [0.3, 0.4) is 0 Å². The van der Waals surface area contributed by atoms with Crippen LogP contribution >= 0.6 is 0 Å². The summed E-state index contributed by atoms with van der Waals surface area (Å²) in [7, 11) is 0. The molecule has 0 aliphatic heterocycles. The number of aryl methyl sites for hydroxylation is 1. The van der Waals surface area contributed by atoms with Crippen molar-refractivity contribution in [3.63, 3.8) is 0 Å². The Morgan fingerprint density at radius 1 is 1.38 bits per heavy atom. The lowest BCUT2D eigenvalue weighted by Crippen LogP contribution is -2.45. The lowest BCUT2D eigenvalue weighted by molar-refractivity contribution is 0.166. The Morgan fingerprint density at radius 3 is 2.50 bits per heavy atom. The fourth-order valence-electron chi connectivity index (χ4n) is 1.59. The van der Waals surface area contributed by atoms with Crippen LogP contribution in [0.15, 0.2) is 12.4 Å². The predicted molar refractivity (Wildman–Crippen MR) is 64.0 cm³/mol. The monoisotopic (exact) mass is 223 g/mol. The largest absolute Gasteiger partial charge is 0.394 e. The molecule has 0 spiro atoms. The van der Waals surface area contributed by atoms with Crippen LogP contribution in [0, 0.1) is 12.8 Å². The van der Waals surface area contributed by atoms with Gasteiger partial charge in [-0.15, -0.1) is 0 Å². The molecule has 0 aliphatic rings. The number of aromatic nitrogens is 2. The average Bonchev–Trinajstić information content (AvgIpc) is 2.26. The molecule has 90 valence electrons. The molecule has 4 nitrogen and oxygen atoms in total. The van der Waals surface area contributed by atoms with Gasteiger partial charge in [0.1, 0.15) is 0 Å². The van der Waals surface area contributed by atoms with Crippen LogP contribution in [0.1, 0.15) is 32.2 Å². The van der Waals surface area contributed by atoms with Crippen LogP contribution in [-0.2, 0) is 5.54 Å². The molecule has 0 fully saturated rings. The molecule has 4 heteroatoms. The number of aliphatic hydroxyl groups excluding tert-OH is 1. The minimum Gasteiger partial charge on any atom is -0.394 e. The van der Waals surface area contributed by atoms with E-state index in [2.05, 4.69) is 29.1 Å². The van der Waals surface area contributed by atoms with E-state index in [1.165, 1.54) is 0 Å². The third-order valence-corrected chi connectivity index (χ3v) is 2.62. The number of hydrogen-bond acceptors (Lipinski definition) is 4. The number of rotatable bonds is 5. The van der Waals surface area contributed by atoms with Gasteiger partial charge in [-0.05, 0) is 26.3 Å². The van der Waals surface area contributed by atoms with Gasteiger partial charge in [0.2, 0.25) is 0 Å². The molecule has 0 aromatic carbocycles.